The number of carbonyl (C=O) groups excluding carboxylic acids is 1. The van der Waals surface area contributed by atoms with Crippen molar-refractivity contribution < 1.29 is 4.79 Å². The van der Waals surface area contributed by atoms with Crippen LogP contribution in [0.5, 0.6) is 0 Å². The van der Waals surface area contributed by atoms with Crippen molar-refractivity contribution in [3.8, 4) is 5.82 Å². The molecule has 0 aromatic carbocycles. The lowest BCUT2D eigenvalue weighted by atomic mass is 10.3. The molecule has 0 aliphatic rings. The molecule has 0 unspecified atom stereocenters. The molecule has 2 N–H and O–H groups in total. The van der Waals surface area contributed by atoms with Crippen molar-refractivity contribution in [2.75, 3.05) is 18.4 Å². The lowest BCUT2D eigenvalue weighted by Crippen LogP contribution is -2.29. The van der Waals surface area contributed by atoms with Crippen molar-refractivity contribution in [2.24, 2.45) is 7.05 Å². The van der Waals surface area contributed by atoms with Gasteiger partial charge in [0.2, 0.25) is 5.95 Å². The van der Waals surface area contributed by atoms with Crippen LogP contribution in [0.15, 0.2) is 36.8 Å². The average Bonchev–Trinajstić information content (AvgIpc) is 3.14. The van der Waals surface area contributed by atoms with E-state index in [1.54, 1.807) is 29.3 Å². The molecule has 0 aliphatic carbocycles. The molecule has 3 heterocycles. The van der Waals surface area contributed by atoms with Crippen molar-refractivity contribution in [3.05, 3.63) is 53.7 Å². The summed E-state index contributed by atoms with van der Waals surface area (Å²) in [7, 11) is 1.83. The van der Waals surface area contributed by atoms with Gasteiger partial charge in [0.05, 0.1) is 6.20 Å². The smallest absolute Gasteiger partial charge is 0.256 e. The molecule has 0 spiro atoms. The Balaban J connectivity index is 1.67. The Morgan fingerprint density at radius 1 is 1.12 bits per heavy atom. The van der Waals surface area contributed by atoms with Crippen LogP contribution in [-0.4, -0.2) is 43.3 Å². The second-order valence-corrected chi connectivity index (χ2v) is 5.71. The van der Waals surface area contributed by atoms with E-state index in [-0.39, 0.29) is 5.91 Å². The molecule has 130 valence electrons. The van der Waals surface area contributed by atoms with Crippen LogP contribution in [0.25, 0.3) is 5.82 Å². The van der Waals surface area contributed by atoms with Crippen LogP contribution in [0.4, 0.5) is 5.95 Å². The first-order valence-corrected chi connectivity index (χ1v) is 8.04. The van der Waals surface area contributed by atoms with E-state index in [1.807, 2.05) is 37.6 Å². The molecule has 3 rings (SSSR count). The summed E-state index contributed by atoms with van der Waals surface area (Å²) in [6.45, 7) is 5.00. The predicted octanol–water partition coefficient (Wildman–Crippen LogP) is 1.46. The van der Waals surface area contributed by atoms with Gasteiger partial charge in [-0.2, -0.15) is 5.10 Å². The number of hydrogen-bond donors (Lipinski definition) is 2. The number of rotatable bonds is 6. The number of carbonyl (C=O) groups is 1. The highest BCUT2D eigenvalue weighted by Crippen LogP contribution is 2.19. The molecular weight excluding hydrogens is 318 g/mol. The zero-order valence-corrected chi connectivity index (χ0v) is 14.5. The summed E-state index contributed by atoms with van der Waals surface area (Å²) in [4.78, 5) is 20.7. The van der Waals surface area contributed by atoms with E-state index in [4.69, 9.17) is 0 Å². The summed E-state index contributed by atoms with van der Waals surface area (Å²) in [6, 6.07) is 5.80. The van der Waals surface area contributed by atoms with E-state index < -0.39 is 0 Å². The van der Waals surface area contributed by atoms with Crippen LogP contribution < -0.4 is 10.6 Å². The van der Waals surface area contributed by atoms with Gasteiger partial charge in [-0.1, -0.05) is 0 Å². The minimum absolute atomic E-state index is 0.161. The molecule has 0 saturated heterocycles. The molecule has 8 nitrogen and oxygen atoms in total. The molecule has 1 amide bonds. The summed E-state index contributed by atoms with van der Waals surface area (Å²) in [5.74, 6) is 1.14. The molecule has 25 heavy (non-hydrogen) atoms. The van der Waals surface area contributed by atoms with Crippen molar-refractivity contribution in [1.82, 2.24) is 29.6 Å². The van der Waals surface area contributed by atoms with Crippen LogP contribution in [0.3, 0.4) is 0 Å². The molecule has 8 heteroatoms. The van der Waals surface area contributed by atoms with Crippen LogP contribution in [0, 0.1) is 13.8 Å². The lowest BCUT2D eigenvalue weighted by molar-refractivity contribution is 0.0955. The van der Waals surface area contributed by atoms with Crippen LogP contribution >= 0.6 is 0 Å². The third kappa shape index (κ3) is 3.52. The van der Waals surface area contributed by atoms with Gasteiger partial charge in [0.25, 0.3) is 5.91 Å². The highest BCUT2D eigenvalue weighted by Gasteiger charge is 2.19. The molecule has 3 aromatic rings. The van der Waals surface area contributed by atoms with Crippen molar-refractivity contribution in [1.29, 1.82) is 0 Å². The van der Waals surface area contributed by atoms with Gasteiger partial charge in [-0.05, 0) is 32.0 Å². The fraction of sp³-hybridized carbons (Fsp3) is 0.294. The van der Waals surface area contributed by atoms with E-state index in [0.29, 0.717) is 24.6 Å². The Morgan fingerprint density at radius 2 is 1.80 bits per heavy atom. The normalized spacial score (nSPS) is 10.7. The van der Waals surface area contributed by atoms with Gasteiger partial charge in [-0.15, -0.1) is 0 Å². The number of aryl methyl sites for hydroxylation is 3. The second kappa shape index (κ2) is 7.16. The molecule has 0 saturated carbocycles. The fourth-order valence-electron chi connectivity index (χ4n) is 2.69. The minimum atomic E-state index is -0.161. The molecule has 0 aliphatic heterocycles. The Hall–Kier alpha value is -3.16. The van der Waals surface area contributed by atoms with E-state index in [2.05, 4.69) is 25.7 Å². The highest BCUT2D eigenvalue weighted by atomic mass is 16.1. The maximum absolute atomic E-state index is 12.6. The number of anilines is 1. The molecular formula is C17H21N7O. The number of hydrogen-bond acceptors (Lipinski definition) is 5. The van der Waals surface area contributed by atoms with E-state index >= 15 is 0 Å². The predicted molar refractivity (Wildman–Crippen MR) is 94.9 cm³/mol. The first-order valence-electron chi connectivity index (χ1n) is 8.04. The first-order chi connectivity index (χ1) is 12.1. The summed E-state index contributed by atoms with van der Waals surface area (Å²) in [6.07, 6.45) is 4.92. The number of nitrogens with zero attached hydrogens (tertiary/aromatic N) is 5. The van der Waals surface area contributed by atoms with Crippen molar-refractivity contribution >= 4 is 11.9 Å². The topological polar surface area (TPSA) is 89.7 Å². The van der Waals surface area contributed by atoms with Gasteiger partial charge in [0, 0.05) is 43.9 Å². The van der Waals surface area contributed by atoms with Crippen molar-refractivity contribution in [2.45, 2.75) is 13.8 Å². The molecule has 0 fully saturated rings. The van der Waals surface area contributed by atoms with Crippen LogP contribution in [0.2, 0.25) is 0 Å². The maximum Gasteiger partial charge on any atom is 0.256 e. The zero-order valence-electron chi connectivity index (χ0n) is 14.5. The molecule has 0 radical (unpaired) electrons. The molecule has 3 aromatic heterocycles. The van der Waals surface area contributed by atoms with Gasteiger partial charge in [0.15, 0.2) is 0 Å². The first kappa shape index (κ1) is 16.7. The van der Waals surface area contributed by atoms with Gasteiger partial charge in [-0.25, -0.2) is 9.97 Å². The molecule has 0 bridgehead atoms. The van der Waals surface area contributed by atoms with E-state index in [0.717, 1.165) is 17.2 Å². The zero-order chi connectivity index (χ0) is 17.8. The van der Waals surface area contributed by atoms with E-state index in [1.165, 1.54) is 0 Å². The third-order valence-corrected chi connectivity index (χ3v) is 3.89. The third-order valence-electron chi connectivity index (χ3n) is 3.89. The minimum Gasteiger partial charge on any atom is -0.352 e. The largest absolute Gasteiger partial charge is 0.352 e. The average molecular weight is 339 g/mol. The Labute approximate surface area is 145 Å². The van der Waals surface area contributed by atoms with Gasteiger partial charge < -0.3 is 15.2 Å². The lowest BCUT2D eigenvalue weighted by Gasteiger charge is -2.12. The molecule has 0 atom stereocenters. The second-order valence-electron chi connectivity index (χ2n) is 5.71. The van der Waals surface area contributed by atoms with Crippen LogP contribution in [0.1, 0.15) is 21.7 Å². The Bertz CT molecular complexity index is 847. The summed E-state index contributed by atoms with van der Waals surface area (Å²) >= 11 is 0. The number of aromatic nitrogens is 5. The van der Waals surface area contributed by atoms with E-state index in [9.17, 15) is 4.79 Å². The monoisotopic (exact) mass is 339 g/mol. The number of nitrogens with one attached hydrogen (secondary N) is 2. The highest BCUT2D eigenvalue weighted by molar-refractivity contribution is 5.97. The quantitative estimate of drug-likeness (QED) is 0.664. The Morgan fingerprint density at radius 3 is 2.48 bits per heavy atom. The van der Waals surface area contributed by atoms with Gasteiger partial charge >= 0.3 is 0 Å². The SMILES string of the molecule is Cc1ccc(C)n1-c1c(C(=O)NCCNc2ncccn2)cnn1C. The number of amides is 1. The summed E-state index contributed by atoms with van der Waals surface area (Å²) in [5, 5.41) is 10.2. The summed E-state index contributed by atoms with van der Waals surface area (Å²) < 4.78 is 3.74. The van der Waals surface area contributed by atoms with Crippen LogP contribution in [-0.2, 0) is 7.05 Å². The fourth-order valence-corrected chi connectivity index (χ4v) is 2.69. The Kier molecular flexibility index (Phi) is 4.78. The standard InChI is InChI=1S/C17H21N7O/c1-12-5-6-13(2)24(12)16-14(11-22-23(16)3)15(25)18-9-10-21-17-19-7-4-8-20-17/h4-8,11H,9-10H2,1-3H3,(H,18,25)(H,19,20,21). The van der Waals surface area contributed by atoms with Gasteiger partial charge in [-0.3, -0.25) is 9.48 Å². The van der Waals surface area contributed by atoms with Crippen molar-refractivity contribution in [3.63, 3.8) is 0 Å². The van der Waals surface area contributed by atoms with Gasteiger partial charge in [0.1, 0.15) is 11.4 Å². The maximum atomic E-state index is 12.6. The summed E-state index contributed by atoms with van der Waals surface area (Å²) in [5.41, 5.74) is 2.65.